The van der Waals surface area contributed by atoms with Gasteiger partial charge in [-0.1, -0.05) is 18.2 Å². The topological polar surface area (TPSA) is 113 Å². The molecule has 2 heterocycles. The van der Waals surface area contributed by atoms with Crippen LogP contribution in [0.1, 0.15) is 0 Å². The zero-order valence-corrected chi connectivity index (χ0v) is 12.9. The molecule has 8 heteroatoms. The number of fused-ring (bicyclic) bond motifs is 1. The number of ether oxygens (including phenoxy) is 1. The quantitative estimate of drug-likeness (QED) is 0.662. The predicted octanol–water partition coefficient (Wildman–Crippen LogP) is 2.18. The van der Waals surface area contributed by atoms with Gasteiger partial charge in [-0.3, -0.25) is 14.5 Å². The SMILES string of the molecule is O=CN(CC(=O)O)c1ncc2nc(Oc3ccccc3)ccc2c1O. The fourth-order valence-electron chi connectivity index (χ4n) is 2.24. The molecule has 0 bridgehead atoms. The highest BCUT2D eigenvalue weighted by Gasteiger charge is 2.18. The molecule has 126 valence electrons. The van der Waals surface area contributed by atoms with Gasteiger partial charge in [0.2, 0.25) is 12.3 Å². The standard InChI is InChI=1S/C17H13N3O5/c21-10-20(9-15(22)23)17-16(24)12-6-7-14(19-13(12)8-18-17)25-11-4-2-1-3-5-11/h1-8,10,24H,9H2,(H,22,23). The Bertz CT molecular complexity index is 930. The number of hydrogen-bond donors (Lipinski definition) is 2. The summed E-state index contributed by atoms with van der Waals surface area (Å²) in [6.45, 7) is -0.613. The van der Waals surface area contributed by atoms with E-state index in [1.54, 1.807) is 24.3 Å². The first kappa shape index (κ1) is 16.2. The number of carboxylic acid groups (broad SMARTS) is 1. The van der Waals surface area contributed by atoms with Crippen molar-refractivity contribution in [2.75, 3.05) is 11.4 Å². The number of benzene rings is 1. The third-order valence-electron chi connectivity index (χ3n) is 3.35. The first-order valence-electron chi connectivity index (χ1n) is 7.24. The summed E-state index contributed by atoms with van der Waals surface area (Å²) in [5, 5.41) is 19.4. The number of para-hydroxylation sites is 1. The van der Waals surface area contributed by atoms with Gasteiger partial charge in [0.15, 0.2) is 11.6 Å². The smallest absolute Gasteiger partial charge is 0.323 e. The van der Waals surface area contributed by atoms with Crippen molar-refractivity contribution in [2.24, 2.45) is 0 Å². The Morgan fingerprint density at radius 1 is 1.20 bits per heavy atom. The van der Waals surface area contributed by atoms with Gasteiger partial charge in [0.25, 0.3) is 0 Å². The number of carboxylic acids is 1. The Morgan fingerprint density at radius 2 is 1.96 bits per heavy atom. The van der Waals surface area contributed by atoms with E-state index in [-0.39, 0.29) is 11.6 Å². The molecule has 0 unspecified atom stereocenters. The van der Waals surface area contributed by atoms with E-state index in [2.05, 4.69) is 9.97 Å². The summed E-state index contributed by atoms with van der Waals surface area (Å²) in [6, 6.07) is 12.2. The summed E-state index contributed by atoms with van der Waals surface area (Å²) in [5.41, 5.74) is 0.343. The van der Waals surface area contributed by atoms with E-state index in [0.717, 1.165) is 4.90 Å². The zero-order chi connectivity index (χ0) is 17.8. The van der Waals surface area contributed by atoms with Crippen molar-refractivity contribution in [2.45, 2.75) is 0 Å². The van der Waals surface area contributed by atoms with Crippen molar-refractivity contribution >= 4 is 29.1 Å². The molecule has 0 spiro atoms. The molecule has 2 aromatic heterocycles. The number of aromatic nitrogens is 2. The lowest BCUT2D eigenvalue weighted by atomic mass is 10.2. The monoisotopic (exact) mass is 339 g/mol. The van der Waals surface area contributed by atoms with Gasteiger partial charge in [0.05, 0.1) is 11.7 Å². The third-order valence-corrected chi connectivity index (χ3v) is 3.35. The van der Waals surface area contributed by atoms with Crippen LogP contribution >= 0.6 is 0 Å². The number of pyridine rings is 2. The molecule has 25 heavy (non-hydrogen) atoms. The first-order valence-corrected chi connectivity index (χ1v) is 7.24. The summed E-state index contributed by atoms with van der Waals surface area (Å²) in [7, 11) is 0. The number of hydrogen-bond acceptors (Lipinski definition) is 6. The molecular formula is C17H13N3O5. The van der Waals surface area contributed by atoms with Crippen molar-refractivity contribution in [3.63, 3.8) is 0 Å². The number of aromatic hydroxyl groups is 1. The van der Waals surface area contributed by atoms with E-state index in [1.807, 2.05) is 18.2 Å². The van der Waals surface area contributed by atoms with Crippen LogP contribution in [0.5, 0.6) is 17.4 Å². The van der Waals surface area contributed by atoms with Crippen molar-refractivity contribution in [3.8, 4) is 17.4 Å². The molecule has 1 aromatic carbocycles. The van der Waals surface area contributed by atoms with Crippen molar-refractivity contribution in [1.82, 2.24) is 9.97 Å². The second-order valence-electron chi connectivity index (χ2n) is 5.05. The Balaban J connectivity index is 1.96. The van der Waals surface area contributed by atoms with Crippen LogP contribution < -0.4 is 9.64 Å². The van der Waals surface area contributed by atoms with Crippen LogP contribution in [0.3, 0.4) is 0 Å². The molecule has 1 amide bonds. The van der Waals surface area contributed by atoms with Crippen LogP contribution in [-0.2, 0) is 9.59 Å². The lowest BCUT2D eigenvalue weighted by Crippen LogP contribution is -2.28. The first-order chi connectivity index (χ1) is 12.1. The number of rotatable bonds is 6. The molecule has 3 rings (SSSR count). The minimum atomic E-state index is -1.22. The Labute approximate surface area is 141 Å². The molecule has 0 saturated carbocycles. The minimum Gasteiger partial charge on any atom is -0.504 e. The van der Waals surface area contributed by atoms with Crippen LogP contribution in [0.25, 0.3) is 10.9 Å². The Kier molecular flexibility index (Phi) is 4.42. The van der Waals surface area contributed by atoms with Gasteiger partial charge in [0, 0.05) is 11.5 Å². The molecule has 0 radical (unpaired) electrons. The van der Waals surface area contributed by atoms with E-state index in [1.165, 1.54) is 6.20 Å². The molecule has 0 atom stereocenters. The molecule has 2 N–H and O–H groups in total. The number of anilines is 1. The van der Waals surface area contributed by atoms with Crippen LogP contribution in [0.2, 0.25) is 0 Å². The molecule has 0 fully saturated rings. The lowest BCUT2D eigenvalue weighted by Gasteiger charge is -2.16. The predicted molar refractivity (Wildman–Crippen MR) is 88.8 cm³/mol. The second-order valence-corrected chi connectivity index (χ2v) is 5.05. The summed E-state index contributed by atoms with van der Waals surface area (Å²) in [4.78, 5) is 30.8. The van der Waals surface area contributed by atoms with Crippen LogP contribution in [0, 0.1) is 0 Å². The fraction of sp³-hybridized carbons (Fsp3) is 0.0588. The van der Waals surface area contributed by atoms with Crippen molar-refractivity contribution < 1.29 is 24.5 Å². The summed E-state index contributed by atoms with van der Waals surface area (Å²) >= 11 is 0. The third kappa shape index (κ3) is 3.47. The molecule has 0 aliphatic carbocycles. The maximum atomic E-state index is 11.1. The van der Waals surface area contributed by atoms with E-state index >= 15 is 0 Å². The number of carbonyl (C=O) groups excluding carboxylic acids is 1. The van der Waals surface area contributed by atoms with E-state index in [0.29, 0.717) is 28.9 Å². The molecule has 8 nitrogen and oxygen atoms in total. The van der Waals surface area contributed by atoms with Crippen LogP contribution in [-0.4, -0.2) is 39.1 Å². The summed E-state index contributed by atoms with van der Waals surface area (Å²) in [5.74, 6) is -0.784. The van der Waals surface area contributed by atoms with E-state index < -0.39 is 12.5 Å². The molecule has 3 aromatic rings. The van der Waals surface area contributed by atoms with Gasteiger partial charge in [-0.25, -0.2) is 9.97 Å². The lowest BCUT2D eigenvalue weighted by molar-refractivity contribution is -0.136. The van der Waals surface area contributed by atoms with Gasteiger partial charge in [0.1, 0.15) is 12.3 Å². The largest absolute Gasteiger partial charge is 0.504 e. The molecular weight excluding hydrogens is 326 g/mol. The van der Waals surface area contributed by atoms with Gasteiger partial charge in [-0.2, -0.15) is 0 Å². The van der Waals surface area contributed by atoms with Gasteiger partial charge < -0.3 is 14.9 Å². The Hall–Kier alpha value is -3.68. The van der Waals surface area contributed by atoms with Gasteiger partial charge in [-0.15, -0.1) is 0 Å². The Morgan fingerprint density at radius 3 is 2.64 bits per heavy atom. The van der Waals surface area contributed by atoms with Crippen molar-refractivity contribution in [1.29, 1.82) is 0 Å². The average Bonchev–Trinajstić information content (AvgIpc) is 2.61. The van der Waals surface area contributed by atoms with E-state index in [9.17, 15) is 14.7 Å². The van der Waals surface area contributed by atoms with Gasteiger partial charge in [-0.05, 0) is 18.2 Å². The van der Waals surface area contributed by atoms with Crippen LogP contribution in [0.15, 0.2) is 48.7 Å². The van der Waals surface area contributed by atoms with Crippen molar-refractivity contribution in [3.05, 3.63) is 48.7 Å². The normalized spacial score (nSPS) is 10.4. The highest BCUT2D eigenvalue weighted by Crippen LogP contribution is 2.33. The maximum Gasteiger partial charge on any atom is 0.323 e. The zero-order valence-electron chi connectivity index (χ0n) is 12.9. The number of aliphatic carboxylic acids is 1. The fourth-order valence-corrected chi connectivity index (χ4v) is 2.24. The maximum absolute atomic E-state index is 11.1. The molecule has 0 aliphatic rings. The molecule has 0 aliphatic heterocycles. The number of amides is 1. The minimum absolute atomic E-state index is 0.150. The highest BCUT2D eigenvalue weighted by atomic mass is 16.5. The highest BCUT2D eigenvalue weighted by molar-refractivity contribution is 5.93. The molecule has 0 saturated heterocycles. The number of carbonyl (C=O) groups is 2. The summed E-state index contributed by atoms with van der Waals surface area (Å²) < 4.78 is 5.61. The average molecular weight is 339 g/mol. The van der Waals surface area contributed by atoms with Crippen LogP contribution in [0.4, 0.5) is 5.82 Å². The second kappa shape index (κ2) is 6.83. The number of nitrogens with zero attached hydrogens (tertiary/aromatic N) is 3. The van der Waals surface area contributed by atoms with E-state index in [4.69, 9.17) is 9.84 Å². The summed E-state index contributed by atoms with van der Waals surface area (Å²) in [6.07, 6.45) is 1.63. The van der Waals surface area contributed by atoms with Gasteiger partial charge >= 0.3 is 5.97 Å².